The lowest BCUT2D eigenvalue weighted by molar-refractivity contribution is 0.102. The lowest BCUT2D eigenvalue weighted by atomic mass is 10.1. The number of para-hydroxylation sites is 1. The van der Waals surface area contributed by atoms with Crippen molar-refractivity contribution in [2.24, 2.45) is 0 Å². The monoisotopic (exact) mass is 369 g/mol. The minimum absolute atomic E-state index is 0.273. The molecule has 6 heteroatoms. The van der Waals surface area contributed by atoms with Gasteiger partial charge in [0.2, 0.25) is 5.95 Å². The maximum absolute atomic E-state index is 12.7. The summed E-state index contributed by atoms with van der Waals surface area (Å²) < 4.78 is 0. The zero-order valence-electron chi connectivity index (χ0n) is 15.6. The lowest BCUT2D eigenvalue weighted by Gasteiger charge is -2.10. The molecule has 0 bridgehead atoms. The summed E-state index contributed by atoms with van der Waals surface area (Å²) in [6.07, 6.45) is 3.27. The number of nitrogens with one attached hydrogen (secondary N) is 2. The number of pyridine rings is 1. The van der Waals surface area contributed by atoms with E-state index in [4.69, 9.17) is 0 Å². The second kappa shape index (κ2) is 7.44. The van der Waals surface area contributed by atoms with Gasteiger partial charge in [0.15, 0.2) is 0 Å². The van der Waals surface area contributed by atoms with Crippen molar-refractivity contribution in [2.45, 2.75) is 13.8 Å². The number of carbonyl (C=O) groups excluding carboxylic acids is 1. The van der Waals surface area contributed by atoms with Gasteiger partial charge in [0.1, 0.15) is 5.69 Å². The van der Waals surface area contributed by atoms with Crippen molar-refractivity contribution in [3.63, 3.8) is 0 Å². The maximum Gasteiger partial charge on any atom is 0.274 e. The molecule has 2 N–H and O–H groups in total. The van der Waals surface area contributed by atoms with Crippen LogP contribution in [0.2, 0.25) is 0 Å². The van der Waals surface area contributed by atoms with Crippen LogP contribution in [0.1, 0.15) is 21.6 Å². The molecule has 2 aromatic carbocycles. The highest BCUT2D eigenvalue weighted by molar-refractivity contribution is 6.07. The molecule has 0 saturated carbocycles. The van der Waals surface area contributed by atoms with Gasteiger partial charge in [-0.05, 0) is 43.7 Å². The number of fused-ring (bicyclic) bond motifs is 1. The smallest absolute Gasteiger partial charge is 0.274 e. The van der Waals surface area contributed by atoms with Crippen molar-refractivity contribution in [3.8, 4) is 0 Å². The Bertz CT molecular complexity index is 1170. The van der Waals surface area contributed by atoms with Gasteiger partial charge < -0.3 is 10.6 Å². The van der Waals surface area contributed by atoms with Crippen LogP contribution in [0.5, 0.6) is 0 Å². The minimum Gasteiger partial charge on any atom is -0.324 e. The number of rotatable bonds is 4. The molecule has 0 radical (unpaired) electrons. The number of aromatic nitrogens is 3. The van der Waals surface area contributed by atoms with Gasteiger partial charge in [0.05, 0.1) is 11.2 Å². The fourth-order valence-electron chi connectivity index (χ4n) is 3.01. The first kappa shape index (κ1) is 17.6. The van der Waals surface area contributed by atoms with Crippen molar-refractivity contribution < 1.29 is 4.79 Å². The van der Waals surface area contributed by atoms with Crippen LogP contribution in [0.15, 0.2) is 67.0 Å². The Kier molecular flexibility index (Phi) is 4.68. The average molecular weight is 369 g/mol. The Hall–Kier alpha value is -3.80. The molecule has 4 rings (SSSR count). The van der Waals surface area contributed by atoms with E-state index in [1.807, 2.05) is 56.3 Å². The number of nitrogens with zero attached hydrogens (tertiary/aromatic N) is 3. The zero-order valence-corrected chi connectivity index (χ0v) is 15.6. The SMILES string of the molecule is Cc1ccc(Nc2nccc(C(=O)Nc3cccc4cccnc34)n2)c(C)c1. The first-order valence-corrected chi connectivity index (χ1v) is 8.92. The molecular formula is C22H19N5O. The molecule has 138 valence electrons. The van der Waals surface area contributed by atoms with Gasteiger partial charge in [-0.25, -0.2) is 9.97 Å². The van der Waals surface area contributed by atoms with Gasteiger partial charge >= 0.3 is 0 Å². The summed E-state index contributed by atoms with van der Waals surface area (Å²) in [5.41, 5.74) is 4.82. The summed E-state index contributed by atoms with van der Waals surface area (Å²) in [4.78, 5) is 25.7. The van der Waals surface area contributed by atoms with Crippen LogP contribution in [0.3, 0.4) is 0 Å². The Balaban J connectivity index is 1.57. The van der Waals surface area contributed by atoms with Crippen LogP contribution in [0.25, 0.3) is 10.9 Å². The predicted molar refractivity (Wildman–Crippen MR) is 111 cm³/mol. The molecule has 6 nitrogen and oxygen atoms in total. The molecule has 2 heterocycles. The number of benzene rings is 2. The average Bonchev–Trinajstić information content (AvgIpc) is 2.71. The molecular weight excluding hydrogens is 350 g/mol. The van der Waals surface area contributed by atoms with Crippen molar-refractivity contribution in [1.82, 2.24) is 15.0 Å². The Morgan fingerprint density at radius 1 is 0.893 bits per heavy atom. The first-order chi connectivity index (χ1) is 13.6. The highest BCUT2D eigenvalue weighted by Crippen LogP contribution is 2.22. The Morgan fingerprint density at radius 2 is 1.75 bits per heavy atom. The van der Waals surface area contributed by atoms with Gasteiger partial charge in [0, 0.05) is 23.5 Å². The molecule has 0 atom stereocenters. The van der Waals surface area contributed by atoms with E-state index < -0.39 is 0 Å². The number of anilines is 3. The van der Waals surface area contributed by atoms with Crippen molar-refractivity contribution in [3.05, 3.63) is 83.8 Å². The van der Waals surface area contributed by atoms with E-state index in [1.165, 1.54) is 5.56 Å². The predicted octanol–water partition coefficient (Wildman–Crippen LogP) is 4.64. The van der Waals surface area contributed by atoms with Crippen LogP contribution in [-0.4, -0.2) is 20.9 Å². The van der Waals surface area contributed by atoms with Crippen molar-refractivity contribution >= 4 is 34.1 Å². The lowest BCUT2D eigenvalue weighted by Crippen LogP contribution is -2.15. The third kappa shape index (κ3) is 3.66. The van der Waals surface area contributed by atoms with Crippen LogP contribution in [0, 0.1) is 13.8 Å². The summed E-state index contributed by atoms with van der Waals surface area (Å²) in [6, 6.07) is 17.1. The first-order valence-electron chi connectivity index (χ1n) is 8.92. The van der Waals surface area contributed by atoms with E-state index in [9.17, 15) is 4.79 Å². The number of hydrogen-bond acceptors (Lipinski definition) is 5. The van der Waals surface area contributed by atoms with E-state index in [2.05, 4.69) is 31.7 Å². The quantitative estimate of drug-likeness (QED) is 0.548. The van der Waals surface area contributed by atoms with Gasteiger partial charge in [0.25, 0.3) is 5.91 Å². The van der Waals surface area contributed by atoms with Crippen LogP contribution < -0.4 is 10.6 Å². The van der Waals surface area contributed by atoms with Gasteiger partial charge in [-0.3, -0.25) is 9.78 Å². The molecule has 0 aliphatic heterocycles. The molecule has 4 aromatic rings. The summed E-state index contributed by atoms with van der Waals surface area (Å²) in [6.45, 7) is 4.06. The summed E-state index contributed by atoms with van der Waals surface area (Å²) in [7, 11) is 0. The normalized spacial score (nSPS) is 10.6. The maximum atomic E-state index is 12.7. The van der Waals surface area contributed by atoms with Gasteiger partial charge in [-0.15, -0.1) is 0 Å². The zero-order chi connectivity index (χ0) is 19.5. The number of carbonyl (C=O) groups is 1. The molecule has 0 aliphatic carbocycles. The second-order valence-electron chi connectivity index (χ2n) is 6.54. The number of amides is 1. The van der Waals surface area contributed by atoms with Crippen LogP contribution in [0.4, 0.5) is 17.3 Å². The molecule has 0 fully saturated rings. The van der Waals surface area contributed by atoms with E-state index in [-0.39, 0.29) is 11.6 Å². The van der Waals surface area contributed by atoms with Crippen LogP contribution >= 0.6 is 0 Å². The molecule has 0 saturated heterocycles. The summed E-state index contributed by atoms with van der Waals surface area (Å²) >= 11 is 0. The molecule has 2 aromatic heterocycles. The van der Waals surface area contributed by atoms with E-state index in [0.717, 1.165) is 22.2 Å². The topological polar surface area (TPSA) is 79.8 Å². The molecule has 0 aliphatic rings. The van der Waals surface area contributed by atoms with Crippen molar-refractivity contribution in [2.75, 3.05) is 10.6 Å². The van der Waals surface area contributed by atoms with E-state index in [0.29, 0.717) is 11.6 Å². The van der Waals surface area contributed by atoms with Crippen LogP contribution in [-0.2, 0) is 0 Å². The largest absolute Gasteiger partial charge is 0.324 e. The third-order valence-corrected chi connectivity index (χ3v) is 4.40. The van der Waals surface area contributed by atoms with Gasteiger partial charge in [-0.2, -0.15) is 0 Å². The summed E-state index contributed by atoms with van der Waals surface area (Å²) in [5, 5.41) is 7.02. The molecule has 28 heavy (non-hydrogen) atoms. The second-order valence-corrected chi connectivity index (χ2v) is 6.54. The Labute approximate surface area is 162 Å². The molecule has 1 amide bonds. The fraction of sp³-hybridized carbons (Fsp3) is 0.0909. The number of hydrogen-bond donors (Lipinski definition) is 2. The summed E-state index contributed by atoms with van der Waals surface area (Å²) in [5.74, 6) is 0.0554. The van der Waals surface area contributed by atoms with Crippen molar-refractivity contribution in [1.29, 1.82) is 0 Å². The highest BCUT2D eigenvalue weighted by atomic mass is 16.1. The van der Waals surface area contributed by atoms with Gasteiger partial charge in [-0.1, -0.05) is 35.9 Å². The Morgan fingerprint density at radius 3 is 2.61 bits per heavy atom. The van der Waals surface area contributed by atoms with E-state index in [1.54, 1.807) is 18.5 Å². The standard InChI is InChI=1S/C22H19N5O/c1-14-8-9-17(15(2)13-14)26-22-24-12-10-19(27-22)21(28)25-18-7-3-5-16-6-4-11-23-20(16)18/h3-13H,1-2H3,(H,25,28)(H,24,26,27). The van der Waals surface area contributed by atoms with E-state index >= 15 is 0 Å². The minimum atomic E-state index is -0.316. The fourth-order valence-corrected chi connectivity index (χ4v) is 3.01. The number of aryl methyl sites for hydroxylation is 2. The molecule has 0 spiro atoms. The third-order valence-electron chi connectivity index (χ3n) is 4.40. The molecule has 0 unspecified atom stereocenters. The highest BCUT2D eigenvalue weighted by Gasteiger charge is 2.12.